The highest BCUT2D eigenvalue weighted by molar-refractivity contribution is 7.09. The summed E-state index contributed by atoms with van der Waals surface area (Å²) in [5.41, 5.74) is 3.60. The number of carbonyl (C=O) groups excluding carboxylic acids is 1. The Hall–Kier alpha value is -3.06. The van der Waals surface area contributed by atoms with E-state index in [1.165, 1.54) is 12.8 Å². The van der Waals surface area contributed by atoms with Crippen molar-refractivity contribution in [3.8, 4) is 11.5 Å². The van der Waals surface area contributed by atoms with Gasteiger partial charge in [-0.25, -0.2) is 4.79 Å². The van der Waals surface area contributed by atoms with Crippen LogP contribution in [-0.2, 0) is 11.3 Å². The van der Waals surface area contributed by atoms with E-state index in [1.54, 1.807) is 24.5 Å². The number of esters is 1. The molecule has 7 heteroatoms. The van der Waals surface area contributed by atoms with Gasteiger partial charge in [0.15, 0.2) is 11.5 Å². The molecule has 33 heavy (non-hydrogen) atoms. The Morgan fingerprint density at radius 3 is 2.58 bits per heavy atom. The average molecular weight is 467 g/mol. The Morgan fingerprint density at radius 1 is 1.12 bits per heavy atom. The molecule has 0 atom stereocenters. The first kappa shape index (κ1) is 23.1. The second kappa shape index (κ2) is 9.83. The zero-order valence-corrected chi connectivity index (χ0v) is 20.4. The van der Waals surface area contributed by atoms with Gasteiger partial charge < -0.3 is 19.1 Å². The van der Waals surface area contributed by atoms with Crippen LogP contribution in [0, 0.1) is 5.92 Å². The summed E-state index contributed by atoms with van der Waals surface area (Å²) in [4.78, 5) is 20.2. The Balaban J connectivity index is 1.68. The molecule has 0 unspecified atom stereocenters. The molecule has 0 spiro atoms. The molecule has 6 nitrogen and oxygen atoms in total. The summed E-state index contributed by atoms with van der Waals surface area (Å²) in [5.74, 6) is 1.72. The van der Waals surface area contributed by atoms with E-state index in [2.05, 4.69) is 9.88 Å². The van der Waals surface area contributed by atoms with Crippen LogP contribution in [-0.4, -0.2) is 30.3 Å². The minimum atomic E-state index is -0.556. The molecule has 0 bridgehead atoms. The van der Waals surface area contributed by atoms with Gasteiger partial charge in [-0.2, -0.15) is 0 Å². The quantitative estimate of drug-likeness (QED) is 0.348. The molecule has 0 radical (unpaired) electrons. The Bertz CT molecular complexity index is 1090. The summed E-state index contributed by atoms with van der Waals surface area (Å²) in [7, 11) is 1.65. The maximum absolute atomic E-state index is 12.7. The molecule has 2 aromatic carbocycles. The lowest BCUT2D eigenvalue weighted by molar-refractivity contribution is 0.00695. The third-order valence-electron chi connectivity index (χ3n) is 5.22. The predicted octanol–water partition coefficient (Wildman–Crippen LogP) is 6.23. The molecule has 1 aliphatic carbocycles. The number of anilines is 2. The molecule has 0 amide bonds. The highest BCUT2D eigenvalue weighted by Crippen LogP contribution is 2.38. The molecule has 1 heterocycles. The SMILES string of the molecule is COc1ccc(N(Cc2cncs2)c2cccc(C(=O)OC(C)(C)C)c2)cc1OCC1CC1. The molecule has 4 rings (SSSR count). The zero-order valence-electron chi connectivity index (χ0n) is 19.5. The average Bonchev–Trinajstić information content (AvgIpc) is 3.48. The van der Waals surface area contributed by atoms with Gasteiger partial charge in [0.2, 0.25) is 0 Å². The van der Waals surface area contributed by atoms with Crippen molar-refractivity contribution >= 4 is 28.7 Å². The van der Waals surface area contributed by atoms with Crippen molar-refractivity contribution in [3.05, 3.63) is 64.6 Å². The number of methoxy groups -OCH3 is 1. The number of thiazole rings is 1. The molecule has 0 aliphatic heterocycles. The van der Waals surface area contributed by atoms with Crippen molar-refractivity contribution in [2.45, 2.75) is 45.8 Å². The molecule has 1 aromatic heterocycles. The van der Waals surface area contributed by atoms with E-state index < -0.39 is 5.60 Å². The molecule has 174 valence electrons. The third-order valence-corrected chi connectivity index (χ3v) is 5.98. The summed E-state index contributed by atoms with van der Waals surface area (Å²) < 4.78 is 17.2. The number of carbonyl (C=O) groups is 1. The first-order chi connectivity index (χ1) is 15.8. The normalized spacial score (nSPS) is 13.5. The van der Waals surface area contributed by atoms with Gasteiger partial charge in [-0.3, -0.25) is 4.98 Å². The summed E-state index contributed by atoms with van der Waals surface area (Å²) >= 11 is 1.59. The monoisotopic (exact) mass is 466 g/mol. The smallest absolute Gasteiger partial charge is 0.338 e. The zero-order chi connectivity index (χ0) is 23.4. The second-order valence-corrected chi connectivity index (χ2v) is 10.2. The minimum absolute atomic E-state index is 0.342. The van der Waals surface area contributed by atoms with E-state index in [0.717, 1.165) is 22.0 Å². The van der Waals surface area contributed by atoms with Crippen LogP contribution in [0.15, 0.2) is 54.2 Å². The van der Waals surface area contributed by atoms with Crippen LogP contribution in [0.2, 0.25) is 0 Å². The fraction of sp³-hybridized carbons (Fsp3) is 0.385. The Labute approximate surface area is 199 Å². The number of hydrogen-bond donors (Lipinski definition) is 0. The largest absolute Gasteiger partial charge is 0.493 e. The summed E-state index contributed by atoms with van der Waals surface area (Å²) in [6.45, 7) is 6.90. The lowest BCUT2D eigenvalue weighted by atomic mass is 10.1. The summed E-state index contributed by atoms with van der Waals surface area (Å²) in [5, 5.41) is 0. The number of aromatic nitrogens is 1. The maximum atomic E-state index is 12.7. The molecule has 0 saturated heterocycles. The van der Waals surface area contributed by atoms with Crippen LogP contribution in [0.3, 0.4) is 0 Å². The van der Waals surface area contributed by atoms with Crippen LogP contribution in [0.25, 0.3) is 0 Å². The van der Waals surface area contributed by atoms with Crippen molar-refractivity contribution in [1.82, 2.24) is 4.98 Å². The first-order valence-electron chi connectivity index (χ1n) is 11.1. The van der Waals surface area contributed by atoms with E-state index in [-0.39, 0.29) is 5.97 Å². The highest BCUT2D eigenvalue weighted by atomic mass is 32.1. The fourth-order valence-electron chi connectivity index (χ4n) is 3.38. The van der Waals surface area contributed by atoms with Gasteiger partial charge in [0, 0.05) is 28.5 Å². The van der Waals surface area contributed by atoms with Crippen LogP contribution >= 0.6 is 11.3 Å². The van der Waals surface area contributed by atoms with E-state index in [0.29, 0.717) is 30.4 Å². The summed E-state index contributed by atoms with van der Waals surface area (Å²) in [6.07, 6.45) is 4.30. The third kappa shape index (κ3) is 6.26. The standard InChI is InChI=1S/C26H30N2O4S/c1-26(2,3)32-25(29)19-6-5-7-20(12-19)28(15-22-14-27-17-33-22)21-10-11-23(30-4)24(13-21)31-16-18-8-9-18/h5-7,10-14,17-18H,8-9,15-16H2,1-4H3. The lowest BCUT2D eigenvalue weighted by Crippen LogP contribution is -2.24. The lowest BCUT2D eigenvalue weighted by Gasteiger charge is -2.26. The number of hydrogen-bond acceptors (Lipinski definition) is 7. The number of ether oxygens (including phenoxy) is 3. The van der Waals surface area contributed by atoms with Crippen LogP contribution in [0.4, 0.5) is 11.4 Å². The molecule has 1 fully saturated rings. The van der Waals surface area contributed by atoms with Gasteiger partial charge in [-0.05, 0) is 69.9 Å². The molecule has 1 saturated carbocycles. The van der Waals surface area contributed by atoms with Crippen LogP contribution < -0.4 is 14.4 Å². The second-order valence-electron chi connectivity index (χ2n) is 9.20. The molecule has 1 aliphatic rings. The van der Waals surface area contributed by atoms with E-state index >= 15 is 0 Å². The van der Waals surface area contributed by atoms with Gasteiger partial charge in [0.25, 0.3) is 0 Å². The fourth-order valence-corrected chi connectivity index (χ4v) is 3.97. The van der Waals surface area contributed by atoms with Crippen LogP contribution in [0.5, 0.6) is 11.5 Å². The van der Waals surface area contributed by atoms with Crippen molar-refractivity contribution in [2.75, 3.05) is 18.6 Å². The molecular formula is C26H30N2O4S. The van der Waals surface area contributed by atoms with E-state index in [9.17, 15) is 4.79 Å². The van der Waals surface area contributed by atoms with Gasteiger partial charge >= 0.3 is 5.97 Å². The van der Waals surface area contributed by atoms with Gasteiger partial charge in [0.05, 0.1) is 31.3 Å². The van der Waals surface area contributed by atoms with Gasteiger partial charge in [-0.15, -0.1) is 11.3 Å². The Kier molecular flexibility index (Phi) is 6.88. The molecular weight excluding hydrogens is 436 g/mol. The topological polar surface area (TPSA) is 60.9 Å². The Morgan fingerprint density at radius 2 is 1.91 bits per heavy atom. The van der Waals surface area contributed by atoms with Gasteiger partial charge in [-0.1, -0.05) is 6.07 Å². The number of benzene rings is 2. The van der Waals surface area contributed by atoms with Crippen LogP contribution in [0.1, 0.15) is 48.8 Å². The van der Waals surface area contributed by atoms with Crippen molar-refractivity contribution in [1.29, 1.82) is 0 Å². The predicted molar refractivity (Wildman–Crippen MR) is 131 cm³/mol. The first-order valence-corrected chi connectivity index (χ1v) is 12.0. The van der Waals surface area contributed by atoms with E-state index in [4.69, 9.17) is 14.2 Å². The number of rotatable bonds is 9. The van der Waals surface area contributed by atoms with Crippen molar-refractivity contribution in [3.63, 3.8) is 0 Å². The maximum Gasteiger partial charge on any atom is 0.338 e. The summed E-state index contributed by atoms with van der Waals surface area (Å²) in [6, 6.07) is 13.4. The molecule has 3 aromatic rings. The van der Waals surface area contributed by atoms with Crippen molar-refractivity contribution in [2.24, 2.45) is 5.92 Å². The van der Waals surface area contributed by atoms with Crippen molar-refractivity contribution < 1.29 is 19.0 Å². The van der Waals surface area contributed by atoms with E-state index in [1.807, 2.05) is 68.9 Å². The highest BCUT2D eigenvalue weighted by Gasteiger charge is 2.23. The number of nitrogens with zero attached hydrogens (tertiary/aromatic N) is 2. The van der Waals surface area contributed by atoms with Gasteiger partial charge in [0.1, 0.15) is 5.60 Å². The minimum Gasteiger partial charge on any atom is -0.493 e. The molecule has 0 N–H and O–H groups in total.